The maximum absolute atomic E-state index is 14.2. The van der Waals surface area contributed by atoms with Gasteiger partial charge < -0.3 is 10.2 Å². The first-order valence-corrected chi connectivity index (χ1v) is 15.6. The molecule has 4 rings (SSSR count). The van der Waals surface area contributed by atoms with Crippen LogP contribution in [0, 0.1) is 0 Å². The number of carbonyl (C=O) groups excluding carboxylic acids is 2. The summed E-state index contributed by atoms with van der Waals surface area (Å²) < 4.78 is 29.0. The summed E-state index contributed by atoms with van der Waals surface area (Å²) in [6.45, 7) is -0.365. The van der Waals surface area contributed by atoms with Crippen LogP contribution in [0.2, 0.25) is 5.02 Å². The maximum Gasteiger partial charge on any atom is 0.304 e. The predicted molar refractivity (Wildman–Crippen MR) is 163 cm³/mol. The van der Waals surface area contributed by atoms with Crippen LogP contribution in [0.15, 0.2) is 84.9 Å². The number of amides is 2. The van der Waals surface area contributed by atoms with Crippen LogP contribution in [-0.4, -0.2) is 62.2 Å². The zero-order valence-corrected chi connectivity index (χ0v) is 25.0. The van der Waals surface area contributed by atoms with Crippen LogP contribution >= 0.6 is 11.6 Å². The van der Waals surface area contributed by atoms with Gasteiger partial charge in [-0.05, 0) is 48.2 Å². The third kappa shape index (κ3) is 8.09. The van der Waals surface area contributed by atoms with Crippen molar-refractivity contribution in [1.29, 1.82) is 0 Å². The molecule has 8 nitrogen and oxygen atoms in total. The SMILES string of the molecule is CN(C)S(=O)(=O)N(CC(=O)N(Cc1ccc(Cl)cc1)C(Cc1ccccc1)C(=O)NC1CCCC1)c1ccccc1. The van der Waals surface area contributed by atoms with Gasteiger partial charge in [0.2, 0.25) is 11.8 Å². The molecule has 0 bridgehead atoms. The summed E-state index contributed by atoms with van der Waals surface area (Å²) in [5, 5.41) is 3.72. The first-order valence-electron chi connectivity index (χ1n) is 13.8. The van der Waals surface area contributed by atoms with Crippen molar-refractivity contribution < 1.29 is 18.0 Å². The molecule has 0 spiro atoms. The van der Waals surface area contributed by atoms with Crippen molar-refractivity contribution in [2.24, 2.45) is 0 Å². The summed E-state index contributed by atoms with van der Waals surface area (Å²) in [4.78, 5) is 29.6. The van der Waals surface area contributed by atoms with Gasteiger partial charge in [0.1, 0.15) is 12.6 Å². The highest BCUT2D eigenvalue weighted by atomic mass is 35.5. The number of halogens is 1. The standard InChI is InChI=1S/C31H37ClN4O4S/c1-34(2)41(39,40)36(28-15-7-4-8-16-28)23-30(37)35(22-25-17-19-26(32)20-18-25)29(21-24-11-5-3-6-12-24)31(38)33-27-13-9-10-14-27/h3-8,11-12,15-20,27,29H,9-10,13-14,21-23H2,1-2H3,(H,33,38). The lowest BCUT2D eigenvalue weighted by Gasteiger charge is -2.35. The molecule has 0 heterocycles. The minimum Gasteiger partial charge on any atom is -0.352 e. The van der Waals surface area contributed by atoms with Crippen molar-refractivity contribution >= 4 is 39.3 Å². The van der Waals surface area contributed by atoms with Gasteiger partial charge in [0, 0.05) is 38.1 Å². The van der Waals surface area contributed by atoms with E-state index in [0.717, 1.165) is 45.4 Å². The Bertz CT molecular complexity index is 1400. The molecule has 218 valence electrons. The first kappa shape index (κ1) is 30.6. The zero-order chi connectivity index (χ0) is 29.4. The van der Waals surface area contributed by atoms with Crippen LogP contribution in [0.25, 0.3) is 0 Å². The van der Waals surface area contributed by atoms with Crippen molar-refractivity contribution in [3.05, 3.63) is 101 Å². The largest absolute Gasteiger partial charge is 0.352 e. The molecule has 0 aliphatic heterocycles. The van der Waals surface area contributed by atoms with Crippen molar-refractivity contribution in [3.8, 4) is 0 Å². The van der Waals surface area contributed by atoms with E-state index in [-0.39, 0.29) is 24.9 Å². The average molecular weight is 597 g/mol. The van der Waals surface area contributed by atoms with E-state index in [1.807, 2.05) is 42.5 Å². The number of benzene rings is 3. The van der Waals surface area contributed by atoms with Crippen molar-refractivity contribution in [2.45, 2.75) is 50.7 Å². The van der Waals surface area contributed by atoms with E-state index in [1.54, 1.807) is 42.5 Å². The second-order valence-corrected chi connectivity index (χ2v) is 13.0. The summed E-state index contributed by atoms with van der Waals surface area (Å²) >= 11 is 6.12. The highest BCUT2D eigenvalue weighted by Crippen LogP contribution is 2.23. The molecule has 0 aromatic heterocycles. The Morgan fingerprint density at radius 1 is 0.878 bits per heavy atom. The van der Waals surface area contributed by atoms with Crippen LogP contribution in [0.5, 0.6) is 0 Å². The number of hydrogen-bond donors (Lipinski definition) is 1. The quantitative estimate of drug-likeness (QED) is 0.330. The lowest BCUT2D eigenvalue weighted by Crippen LogP contribution is -2.55. The number of nitrogens with one attached hydrogen (secondary N) is 1. The maximum atomic E-state index is 14.2. The Kier molecular flexibility index (Phi) is 10.4. The highest BCUT2D eigenvalue weighted by molar-refractivity contribution is 7.90. The summed E-state index contributed by atoms with van der Waals surface area (Å²) in [6, 6.07) is 24.3. The van der Waals surface area contributed by atoms with E-state index in [0.29, 0.717) is 10.7 Å². The number of nitrogens with zero attached hydrogens (tertiary/aromatic N) is 3. The molecule has 1 saturated carbocycles. The third-order valence-corrected chi connectivity index (χ3v) is 9.37. The van der Waals surface area contributed by atoms with E-state index >= 15 is 0 Å². The molecular formula is C31H37ClN4O4S. The lowest BCUT2D eigenvalue weighted by atomic mass is 10.0. The second-order valence-electron chi connectivity index (χ2n) is 10.5. The molecule has 1 N–H and O–H groups in total. The monoisotopic (exact) mass is 596 g/mol. The number of carbonyl (C=O) groups is 2. The average Bonchev–Trinajstić information content (AvgIpc) is 3.48. The van der Waals surface area contributed by atoms with Gasteiger partial charge in [-0.2, -0.15) is 12.7 Å². The van der Waals surface area contributed by atoms with Crippen molar-refractivity contribution in [1.82, 2.24) is 14.5 Å². The Labute approximate surface area is 248 Å². The predicted octanol–water partition coefficient (Wildman–Crippen LogP) is 4.65. The van der Waals surface area contributed by atoms with Gasteiger partial charge in [0.05, 0.1) is 5.69 Å². The fourth-order valence-corrected chi connectivity index (χ4v) is 6.20. The molecule has 3 aromatic rings. The fraction of sp³-hybridized carbons (Fsp3) is 0.355. The van der Waals surface area contributed by atoms with Gasteiger partial charge in [-0.25, -0.2) is 4.31 Å². The van der Waals surface area contributed by atoms with Crippen LogP contribution in [0.3, 0.4) is 0 Å². The van der Waals surface area contributed by atoms with Gasteiger partial charge in [0.25, 0.3) is 0 Å². The van der Waals surface area contributed by atoms with E-state index in [4.69, 9.17) is 11.6 Å². The number of para-hydroxylation sites is 1. The molecule has 1 fully saturated rings. The summed E-state index contributed by atoms with van der Waals surface area (Å²) in [5.41, 5.74) is 2.03. The van der Waals surface area contributed by atoms with Gasteiger partial charge in [0.15, 0.2) is 0 Å². The number of anilines is 1. The van der Waals surface area contributed by atoms with Gasteiger partial charge in [-0.15, -0.1) is 0 Å². The molecule has 3 aromatic carbocycles. The molecule has 41 heavy (non-hydrogen) atoms. The molecule has 1 aliphatic carbocycles. The molecule has 1 atom stereocenters. The van der Waals surface area contributed by atoms with Gasteiger partial charge >= 0.3 is 10.2 Å². The van der Waals surface area contributed by atoms with Crippen molar-refractivity contribution in [2.75, 3.05) is 24.9 Å². The van der Waals surface area contributed by atoms with Gasteiger partial charge in [-0.1, -0.05) is 85.1 Å². The minimum atomic E-state index is -4.02. The van der Waals surface area contributed by atoms with Gasteiger partial charge in [-0.3, -0.25) is 9.59 Å². The molecule has 0 saturated heterocycles. The summed E-state index contributed by atoms with van der Waals surface area (Å²) in [5.74, 6) is -0.735. The second kappa shape index (κ2) is 14.0. The molecule has 1 aliphatic rings. The third-order valence-electron chi connectivity index (χ3n) is 7.30. The van der Waals surface area contributed by atoms with Crippen LogP contribution in [-0.2, 0) is 32.8 Å². The summed E-state index contributed by atoms with van der Waals surface area (Å²) in [7, 11) is -1.17. The molecule has 1 unspecified atom stereocenters. The van der Waals surface area contributed by atoms with E-state index in [2.05, 4.69) is 5.32 Å². The van der Waals surface area contributed by atoms with E-state index < -0.39 is 28.7 Å². The Morgan fingerprint density at radius 3 is 2.05 bits per heavy atom. The molecule has 2 amide bonds. The van der Waals surface area contributed by atoms with Crippen LogP contribution in [0.4, 0.5) is 5.69 Å². The van der Waals surface area contributed by atoms with E-state index in [9.17, 15) is 18.0 Å². The molecule has 0 radical (unpaired) electrons. The Hall–Kier alpha value is -3.40. The normalized spacial score (nSPS) is 14.5. The topological polar surface area (TPSA) is 90.0 Å². The van der Waals surface area contributed by atoms with Crippen LogP contribution < -0.4 is 9.62 Å². The minimum absolute atomic E-state index is 0.0585. The smallest absolute Gasteiger partial charge is 0.304 e. The fourth-order valence-electron chi connectivity index (χ4n) is 5.02. The zero-order valence-electron chi connectivity index (χ0n) is 23.4. The molecule has 10 heteroatoms. The first-order chi connectivity index (χ1) is 19.6. The number of hydrogen-bond acceptors (Lipinski definition) is 4. The Balaban J connectivity index is 1.73. The Morgan fingerprint density at radius 2 is 1.46 bits per heavy atom. The highest BCUT2D eigenvalue weighted by Gasteiger charge is 2.35. The summed E-state index contributed by atoms with van der Waals surface area (Å²) in [6.07, 6.45) is 4.19. The van der Waals surface area contributed by atoms with Crippen LogP contribution in [0.1, 0.15) is 36.8 Å². The number of rotatable bonds is 12. The lowest BCUT2D eigenvalue weighted by molar-refractivity contribution is -0.140. The molecular weight excluding hydrogens is 560 g/mol. The van der Waals surface area contributed by atoms with Crippen molar-refractivity contribution in [3.63, 3.8) is 0 Å². The van der Waals surface area contributed by atoms with E-state index in [1.165, 1.54) is 19.0 Å².